The van der Waals surface area contributed by atoms with E-state index in [2.05, 4.69) is 34.4 Å². The van der Waals surface area contributed by atoms with Crippen LogP contribution in [0.3, 0.4) is 0 Å². The summed E-state index contributed by atoms with van der Waals surface area (Å²) >= 11 is 0. The van der Waals surface area contributed by atoms with Crippen LogP contribution in [0.1, 0.15) is 19.4 Å². The Kier molecular flexibility index (Phi) is 8.37. The highest BCUT2D eigenvalue weighted by molar-refractivity contribution is 14.0. The summed E-state index contributed by atoms with van der Waals surface area (Å²) in [7, 11) is 2.06. The Morgan fingerprint density at radius 2 is 1.91 bits per heavy atom. The van der Waals surface area contributed by atoms with Crippen molar-refractivity contribution in [2.45, 2.75) is 20.3 Å². The SMILES string of the molecule is CCOc1ccc(CCNC2=NCCN2C)cc1OCC.I. The van der Waals surface area contributed by atoms with Crippen LogP contribution in [-0.4, -0.2) is 50.8 Å². The van der Waals surface area contributed by atoms with Gasteiger partial charge in [-0.1, -0.05) is 6.07 Å². The molecular formula is C16H26IN3O2. The molecule has 1 aromatic rings. The van der Waals surface area contributed by atoms with E-state index in [1.54, 1.807) is 0 Å². The van der Waals surface area contributed by atoms with Crippen molar-refractivity contribution in [2.24, 2.45) is 4.99 Å². The molecule has 0 fully saturated rings. The molecule has 0 spiro atoms. The second-order valence-corrected chi connectivity index (χ2v) is 4.95. The van der Waals surface area contributed by atoms with Gasteiger partial charge < -0.3 is 19.7 Å². The molecule has 0 saturated heterocycles. The van der Waals surface area contributed by atoms with Gasteiger partial charge in [-0.2, -0.15) is 0 Å². The third-order valence-electron chi connectivity index (χ3n) is 3.36. The molecule has 0 unspecified atom stereocenters. The van der Waals surface area contributed by atoms with Crippen LogP contribution in [0.5, 0.6) is 11.5 Å². The fourth-order valence-corrected chi connectivity index (χ4v) is 2.29. The summed E-state index contributed by atoms with van der Waals surface area (Å²) in [5.41, 5.74) is 1.23. The van der Waals surface area contributed by atoms with E-state index in [0.29, 0.717) is 13.2 Å². The van der Waals surface area contributed by atoms with Gasteiger partial charge >= 0.3 is 0 Å². The number of guanidine groups is 1. The number of nitrogens with zero attached hydrogens (tertiary/aromatic N) is 2. The van der Waals surface area contributed by atoms with Crippen LogP contribution in [0.2, 0.25) is 0 Å². The first kappa shape index (κ1) is 18.9. The molecule has 124 valence electrons. The highest BCUT2D eigenvalue weighted by Gasteiger charge is 2.11. The molecule has 5 nitrogen and oxygen atoms in total. The molecular weight excluding hydrogens is 393 g/mol. The number of nitrogens with one attached hydrogen (secondary N) is 1. The molecule has 1 aliphatic heterocycles. The standard InChI is InChI=1S/C16H25N3O2.HI/c1-4-20-14-7-6-13(12-15(14)21-5-2)8-9-17-16-18-10-11-19(16)3;/h6-7,12H,4-5,8-11H2,1-3H3,(H,17,18);1H. The third-order valence-corrected chi connectivity index (χ3v) is 3.36. The summed E-state index contributed by atoms with van der Waals surface area (Å²) in [6.07, 6.45) is 0.930. The Morgan fingerprint density at radius 3 is 2.55 bits per heavy atom. The second kappa shape index (κ2) is 9.76. The van der Waals surface area contributed by atoms with Gasteiger partial charge in [-0.15, -0.1) is 24.0 Å². The topological polar surface area (TPSA) is 46.1 Å². The van der Waals surface area contributed by atoms with Crippen LogP contribution in [0.25, 0.3) is 0 Å². The Hall–Kier alpha value is -1.18. The average Bonchev–Trinajstić information content (AvgIpc) is 2.88. The van der Waals surface area contributed by atoms with Crippen molar-refractivity contribution in [1.29, 1.82) is 0 Å². The van der Waals surface area contributed by atoms with E-state index in [0.717, 1.165) is 43.5 Å². The first-order valence-corrected chi connectivity index (χ1v) is 7.62. The monoisotopic (exact) mass is 419 g/mol. The highest BCUT2D eigenvalue weighted by atomic mass is 127. The Balaban J connectivity index is 0.00000242. The molecule has 0 aromatic heterocycles. The van der Waals surface area contributed by atoms with E-state index in [9.17, 15) is 0 Å². The lowest BCUT2D eigenvalue weighted by Gasteiger charge is -2.16. The summed E-state index contributed by atoms with van der Waals surface area (Å²) in [5, 5.41) is 3.37. The first-order valence-electron chi connectivity index (χ1n) is 7.62. The predicted octanol–water partition coefficient (Wildman–Crippen LogP) is 2.54. The molecule has 0 radical (unpaired) electrons. The lowest BCUT2D eigenvalue weighted by Crippen LogP contribution is -2.36. The average molecular weight is 419 g/mol. The highest BCUT2D eigenvalue weighted by Crippen LogP contribution is 2.28. The van der Waals surface area contributed by atoms with Crippen LogP contribution in [0.4, 0.5) is 0 Å². The Bertz CT molecular complexity index is 494. The maximum Gasteiger partial charge on any atom is 0.193 e. The van der Waals surface area contributed by atoms with Gasteiger partial charge in [0, 0.05) is 20.1 Å². The fourth-order valence-electron chi connectivity index (χ4n) is 2.29. The van der Waals surface area contributed by atoms with Crippen LogP contribution < -0.4 is 14.8 Å². The molecule has 22 heavy (non-hydrogen) atoms. The largest absolute Gasteiger partial charge is 0.490 e. The Morgan fingerprint density at radius 1 is 1.18 bits per heavy atom. The summed E-state index contributed by atoms with van der Waals surface area (Å²) in [6.45, 7) is 8.00. The minimum absolute atomic E-state index is 0. The van der Waals surface area contributed by atoms with Gasteiger partial charge in [-0.05, 0) is 38.0 Å². The van der Waals surface area contributed by atoms with E-state index in [1.807, 2.05) is 19.9 Å². The van der Waals surface area contributed by atoms with Crippen LogP contribution in [0.15, 0.2) is 23.2 Å². The summed E-state index contributed by atoms with van der Waals surface area (Å²) in [5.74, 6) is 2.63. The van der Waals surface area contributed by atoms with Crippen LogP contribution in [0, 0.1) is 0 Å². The summed E-state index contributed by atoms with van der Waals surface area (Å²) < 4.78 is 11.2. The van der Waals surface area contributed by atoms with Crippen LogP contribution in [-0.2, 0) is 6.42 Å². The molecule has 6 heteroatoms. The molecule has 0 amide bonds. The number of hydrogen-bond acceptors (Lipinski definition) is 5. The third kappa shape index (κ3) is 5.23. The molecule has 1 heterocycles. The van der Waals surface area contributed by atoms with Crippen molar-refractivity contribution in [3.63, 3.8) is 0 Å². The maximum absolute atomic E-state index is 5.65. The molecule has 2 rings (SSSR count). The molecule has 0 aliphatic carbocycles. The maximum atomic E-state index is 5.65. The zero-order valence-electron chi connectivity index (χ0n) is 13.6. The number of rotatable bonds is 7. The normalized spacial score (nSPS) is 13.4. The lowest BCUT2D eigenvalue weighted by molar-refractivity contribution is 0.287. The molecule has 1 N–H and O–H groups in total. The number of ether oxygens (including phenoxy) is 2. The van der Waals surface area contributed by atoms with Crippen molar-refractivity contribution < 1.29 is 9.47 Å². The minimum atomic E-state index is 0. The fraction of sp³-hybridized carbons (Fsp3) is 0.562. The quantitative estimate of drug-likeness (QED) is 0.691. The van der Waals surface area contributed by atoms with E-state index in [1.165, 1.54) is 5.56 Å². The lowest BCUT2D eigenvalue weighted by atomic mass is 10.1. The minimum Gasteiger partial charge on any atom is -0.490 e. The zero-order chi connectivity index (χ0) is 15.1. The van der Waals surface area contributed by atoms with Crippen molar-refractivity contribution in [3.8, 4) is 11.5 Å². The van der Waals surface area contributed by atoms with Gasteiger partial charge in [0.15, 0.2) is 17.5 Å². The number of likely N-dealkylation sites (N-methyl/N-ethyl adjacent to an activating group) is 1. The predicted molar refractivity (Wildman–Crippen MR) is 101 cm³/mol. The van der Waals surface area contributed by atoms with Gasteiger partial charge in [-0.25, -0.2) is 0 Å². The second-order valence-electron chi connectivity index (χ2n) is 4.95. The molecule has 0 bridgehead atoms. The van der Waals surface area contributed by atoms with Crippen molar-refractivity contribution >= 4 is 29.9 Å². The Labute approximate surface area is 150 Å². The van der Waals surface area contributed by atoms with E-state index >= 15 is 0 Å². The smallest absolute Gasteiger partial charge is 0.193 e. The van der Waals surface area contributed by atoms with E-state index < -0.39 is 0 Å². The van der Waals surface area contributed by atoms with Crippen LogP contribution >= 0.6 is 24.0 Å². The van der Waals surface area contributed by atoms with Gasteiger partial charge in [0.1, 0.15) is 0 Å². The van der Waals surface area contributed by atoms with E-state index in [-0.39, 0.29) is 24.0 Å². The summed E-state index contributed by atoms with van der Waals surface area (Å²) in [6, 6.07) is 6.15. The number of aliphatic imine (C=N–C) groups is 1. The zero-order valence-corrected chi connectivity index (χ0v) is 15.9. The van der Waals surface area contributed by atoms with Crippen molar-refractivity contribution in [3.05, 3.63) is 23.8 Å². The number of halogens is 1. The van der Waals surface area contributed by atoms with Gasteiger partial charge in [0.25, 0.3) is 0 Å². The number of benzene rings is 1. The van der Waals surface area contributed by atoms with Crippen molar-refractivity contribution in [2.75, 3.05) is 39.9 Å². The van der Waals surface area contributed by atoms with Gasteiger partial charge in [-0.3, -0.25) is 4.99 Å². The molecule has 0 saturated carbocycles. The van der Waals surface area contributed by atoms with Gasteiger partial charge in [0.2, 0.25) is 0 Å². The molecule has 1 aromatic carbocycles. The van der Waals surface area contributed by atoms with E-state index in [4.69, 9.17) is 9.47 Å². The molecule has 1 aliphatic rings. The molecule has 0 atom stereocenters. The van der Waals surface area contributed by atoms with Crippen molar-refractivity contribution in [1.82, 2.24) is 10.2 Å². The first-order chi connectivity index (χ1) is 10.2. The number of hydrogen-bond donors (Lipinski definition) is 1. The summed E-state index contributed by atoms with van der Waals surface area (Å²) in [4.78, 5) is 6.56. The van der Waals surface area contributed by atoms with Gasteiger partial charge in [0.05, 0.1) is 19.8 Å².